The highest BCUT2D eigenvalue weighted by molar-refractivity contribution is 7.81. The van der Waals surface area contributed by atoms with E-state index in [2.05, 4.69) is 33.6 Å². The molecule has 2 fully saturated rings. The zero-order valence-corrected chi connectivity index (χ0v) is 24.9. The van der Waals surface area contributed by atoms with Crippen molar-refractivity contribution in [1.29, 1.82) is 0 Å². The average molecular weight is 624 g/mol. The largest absolute Gasteiger partial charge is 0.493 e. The Balaban J connectivity index is 1.24. The zero-order chi connectivity index (χ0) is 31.3. The van der Waals surface area contributed by atoms with Crippen LogP contribution in [0, 0.1) is 11.2 Å². The Morgan fingerprint density at radius 3 is 2.48 bits per heavy atom. The molecule has 5 N–H and O–H groups in total. The van der Waals surface area contributed by atoms with Gasteiger partial charge in [0.25, 0.3) is 5.91 Å². The number of carbonyl (C=O) groups excluding carboxylic acids is 4. The van der Waals surface area contributed by atoms with Crippen molar-refractivity contribution in [3.63, 3.8) is 0 Å². The number of hydrogen-bond acceptors (Lipinski definition) is 8. The number of aromatic nitrogens is 1. The van der Waals surface area contributed by atoms with Crippen molar-refractivity contribution >= 4 is 52.8 Å². The summed E-state index contributed by atoms with van der Waals surface area (Å²) in [5, 5.41) is 8.70. The first-order chi connectivity index (χ1) is 21.2. The van der Waals surface area contributed by atoms with Crippen LogP contribution in [0.25, 0.3) is 10.9 Å². The van der Waals surface area contributed by atoms with Gasteiger partial charge in [-0.3, -0.25) is 24.2 Å². The molecule has 1 heterocycles. The van der Waals surface area contributed by atoms with Crippen LogP contribution in [-0.4, -0.2) is 53.6 Å². The second-order valence-corrected chi connectivity index (χ2v) is 11.3. The number of pyridine rings is 1. The number of anilines is 1. The predicted octanol–water partition coefficient (Wildman–Crippen LogP) is 3.86. The summed E-state index contributed by atoms with van der Waals surface area (Å²) in [6, 6.07) is 8.74. The van der Waals surface area contributed by atoms with Crippen LogP contribution in [0.2, 0.25) is 0 Å². The number of benzene rings is 2. The minimum absolute atomic E-state index is 0.116. The lowest BCUT2D eigenvalue weighted by atomic mass is 10.0. The third-order valence-corrected chi connectivity index (χ3v) is 7.84. The third-order valence-electron chi connectivity index (χ3n) is 7.55. The van der Waals surface area contributed by atoms with Crippen molar-refractivity contribution in [2.45, 2.75) is 51.0 Å². The maximum absolute atomic E-state index is 15.1. The van der Waals surface area contributed by atoms with Gasteiger partial charge in [-0.15, -0.1) is 0 Å². The predicted molar refractivity (Wildman–Crippen MR) is 164 cm³/mol. The van der Waals surface area contributed by atoms with E-state index in [1.165, 1.54) is 30.5 Å². The molecule has 11 nitrogen and oxygen atoms in total. The van der Waals surface area contributed by atoms with Gasteiger partial charge in [-0.05, 0) is 69.2 Å². The Morgan fingerprint density at radius 2 is 1.80 bits per heavy atom. The highest BCUT2D eigenvalue weighted by atomic mass is 32.1. The van der Waals surface area contributed by atoms with Crippen molar-refractivity contribution in [2.75, 3.05) is 24.2 Å². The van der Waals surface area contributed by atoms with Crippen molar-refractivity contribution < 1.29 is 33.0 Å². The molecule has 0 aliphatic heterocycles. The lowest BCUT2D eigenvalue weighted by Gasteiger charge is -2.16. The van der Waals surface area contributed by atoms with E-state index in [4.69, 9.17) is 15.2 Å². The maximum Gasteiger partial charge on any atom is 0.252 e. The summed E-state index contributed by atoms with van der Waals surface area (Å²) >= 11 is 3.92. The molecular formula is C31H34FN5O6S. The van der Waals surface area contributed by atoms with E-state index >= 15 is 4.39 Å². The summed E-state index contributed by atoms with van der Waals surface area (Å²) in [7, 11) is 0. The first-order valence-corrected chi connectivity index (χ1v) is 15.2. The van der Waals surface area contributed by atoms with Gasteiger partial charge in [0.2, 0.25) is 17.7 Å². The molecule has 0 atom stereocenters. The minimum atomic E-state index is -1.10. The van der Waals surface area contributed by atoms with Gasteiger partial charge in [-0.1, -0.05) is 0 Å². The van der Waals surface area contributed by atoms with Crippen LogP contribution >= 0.6 is 12.6 Å². The number of nitrogens with zero attached hydrogens (tertiary/aromatic N) is 1. The van der Waals surface area contributed by atoms with Crippen LogP contribution in [-0.2, 0) is 14.4 Å². The zero-order valence-electron chi connectivity index (χ0n) is 24.0. The molecule has 3 aromatic rings. The molecule has 2 saturated carbocycles. The van der Waals surface area contributed by atoms with E-state index in [1.807, 2.05) is 0 Å². The van der Waals surface area contributed by atoms with Gasteiger partial charge < -0.3 is 31.2 Å². The Bertz CT molecular complexity index is 1590. The monoisotopic (exact) mass is 623 g/mol. The molecule has 2 aromatic carbocycles. The van der Waals surface area contributed by atoms with E-state index in [0.717, 1.165) is 31.7 Å². The van der Waals surface area contributed by atoms with Gasteiger partial charge in [0.05, 0.1) is 23.4 Å². The summed E-state index contributed by atoms with van der Waals surface area (Å²) in [6.45, 7) is 0.870. The molecule has 44 heavy (non-hydrogen) atoms. The lowest BCUT2D eigenvalue weighted by molar-refractivity contribution is -0.134. The van der Waals surface area contributed by atoms with Gasteiger partial charge in [-0.25, -0.2) is 4.39 Å². The number of halogens is 1. The first kappa shape index (κ1) is 31.0. The summed E-state index contributed by atoms with van der Waals surface area (Å²) in [5.41, 5.74) is 5.30. The Kier molecular flexibility index (Phi) is 9.52. The van der Waals surface area contributed by atoms with Crippen LogP contribution < -0.4 is 31.2 Å². The van der Waals surface area contributed by atoms with E-state index in [-0.39, 0.29) is 52.1 Å². The second kappa shape index (κ2) is 13.5. The molecule has 2 aliphatic rings. The van der Waals surface area contributed by atoms with E-state index < -0.39 is 23.0 Å². The molecule has 0 bridgehead atoms. The number of nitrogens with one attached hydrogen (secondary N) is 3. The molecule has 0 spiro atoms. The van der Waals surface area contributed by atoms with Crippen LogP contribution in [0.3, 0.4) is 0 Å². The van der Waals surface area contributed by atoms with Crippen LogP contribution in [0.5, 0.6) is 17.2 Å². The Labute approximate surface area is 258 Å². The molecule has 232 valence electrons. The molecule has 0 saturated heterocycles. The second-order valence-electron chi connectivity index (χ2n) is 11.0. The third kappa shape index (κ3) is 7.39. The average Bonchev–Trinajstić information content (AvgIpc) is 3.93. The smallest absolute Gasteiger partial charge is 0.252 e. The number of fused-ring (bicyclic) bond motifs is 1. The van der Waals surface area contributed by atoms with Gasteiger partial charge in [0.1, 0.15) is 16.9 Å². The number of ether oxygens (including phenoxy) is 2. The molecule has 2 aliphatic carbocycles. The molecule has 4 amide bonds. The minimum Gasteiger partial charge on any atom is -0.493 e. The molecule has 0 unspecified atom stereocenters. The van der Waals surface area contributed by atoms with Gasteiger partial charge in [-0.2, -0.15) is 12.6 Å². The standard InChI is InChI=1S/C31H34FN5O6S/c32-22-14-19(37-30(41)31(9-10-31)29(40)36-18-4-5-18)6-7-25(22)43-24-8-12-34-23-16-26(21(28(33)39)15-20(23)24)42-13-3-1-2-11-35-27(38)17-44/h6-8,12,14-16,18,44H,1-5,9-11,13,17H2,(H2,33,39)(H,35,38)(H,36,40)(H,37,41). The summed E-state index contributed by atoms with van der Waals surface area (Å²) in [5.74, 6) is -1.78. The van der Waals surface area contributed by atoms with Crippen molar-refractivity contribution in [3.05, 3.63) is 54.0 Å². The molecule has 13 heteroatoms. The summed E-state index contributed by atoms with van der Waals surface area (Å²) in [6.07, 6.45) is 6.49. The highest BCUT2D eigenvalue weighted by Gasteiger charge is 2.57. The van der Waals surface area contributed by atoms with Crippen LogP contribution in [0.4, 0.5) is 10.1 Å². The van der Waals surface area contributed by atoms with Crippen molar-refractivity contribution in [3.8, 4) is 17.2 Å². The lowest BCUT2D eigenvalue weighted by Crippen LogP contribution is -2.40. The number of nitrogens with two attached hydrogens (primary N) is 1. The van der Waals surface area contributed by atoms with Crippen molar-refractivity contribution in [1.82, 2.24) is 15.6 Å². The topological polar surface area (TPSA) is 162 Å². The van der Waals surface area contributed by atoms with Crippen molar-refractivity contribution in [2.24, 2.45) is 11.1 Å². The van der Waals surface area contributed by atoms with E-state index in [9.17, 15) is 19.2 Å². The Morgan fingerprint density at radius 1 is 1.00 bits per heavy atom. The molecule has 0 radical (unpaired) electrons. The molecule has 1 aromatic heterocycles. The number of carbonyl (C=O) groups is 4. The fourth-order valence-electron chi connectivity index (χ4n) is 4.68. The SMILES string of the molecule is NC(=O)c1cc2c(Oc3ccc(NC(=O)C4(C(=O)NC5CC5)CC4)cc3F)ccnc2cc1OCCCCCNC(=O)CS. The number of hydrogen-bond donors (Lipinski definition) is 5. The first-order valence-electron chi connectivity index (χ1n) is 14.5. The molecular weight excluding hydrogens is 589 g/mol. The Hall–Kier alpha value is -4.39. The number of thiol groups is 1. The van der Waals surface area contributed by atoms with E-state index in [0.29, 0.717) is 43.3 Å². The molecule has 5 rings (SSSR count). The van der Waals surface area contributed by atoms with Crippen LogP contribution in [0.1, 0.15) is 55.3 Å². The number of primary amides is 1. The number of unbranched alkanes of at least 4 members (excludes halogenated alkanes) is 2. The van der Waals surface area contributed by atoms with Gasteiger partial charge >= 0.3 is 0 Å². The van der Waals surface area contributed by atoms with E-state index in [1.54, 1.807) is 6.07 Å². The highest BCUT2D eigenvalue weighted by Crippen LogP contribution is 2.47. The number of amides is 4. The normalized spacial score (nSPS) is 14.9. The van der Waals surface area contributed by atoms with Crippen LogP contribution in [0.15, 0.2) is 42.6 Å². The summed E-state index contributed by atoms with van der Waals surface area (Å²) < 4.78 is 26.8. The summed E-state index contributed by atoms with van der Waals surface area (Å²) in [4.78, 5) is 53.2. The van der Waals surface area contributed by atoms with Gasteiger partial charge in [0, 0.05) is 42.0 Å². The maximum atomic E-state index is 15.1. The quantitative estimate of drug-likeness (QED) is 0.0976. The number of rotatable bonds is 15. The fourth-order valence-corrected chi connectivity index (χ4v) is 4.79. The fraction of sp³-hybridized carbons (Fsp3) is 0.387. The van der Waals surface area contributed by atoms with Gasteiger partial charge in [0.15, 0.2) is 11.6 Å².